The molecule has 4 heteroatoms. The van der Waals surface area contributed by atoms with Gasteiger partial charge in [-0.1, -0.05) is 37.3 Å². The van der Waals surface area contributed by atoms with Crippen LogP contribution in [0.25, 0.3) is 0 Å². The molecule has 0 heterocycles. The van der Waals surface area contributed by atoms with E-state index in [1.54, 1.807) is 6.07 Å². The van der Waals surface area contributed by atoms with E-state index in [4.69, 9.17) is 0 Å². The summed E-state index contributed by atoms with van der Waals surface area (Å²) in [4.78, 5) is 13.2. The van der Waals surface area contributed by atoms with Gasteiger partial charge in [0.15, 0.2) is 0 Å². The molecule has 104 valence electrons. The standard InChI is InChI=1S/C16H16BrNOS/c1-2-15(11-6-4-3-5-7-11)18-16(19)13-10-12(20)8-9-14(13)17/h3-10,15,20H,2H2,1H3,(H,18,19). The van der Waals surface area contributed by atoms with Gasteiger partial charge in [0.25, 0.3) is 5.91 Å². The Morgan fingerprint density at radius 1 is 1.25 bits per heavy atom. The first-order valence-corrected chi connectivity index (χ1v) is 7.70. The van der Waals surface area contributed by atoms with Gasteiger partial charge in [-0.05, 0) is 46.1 Å². The van der Waals surface area contributed by atoms with Crippen LogP contribution >= 0.6 is 28.6 Å². The van der Waals surface area contributed by atoms with Crippen molar-refractivity contribution in [2.24, 2.45) is 0 Å². The maximum absolute atomic E-state index is 12.4. The van der Waals surface area contributed by atoms with Crippen LogP contribution in [0.5, 0.6) is 0 Å². The van der Waals surface area contributed by atoms with E-state index in [1.165, 1.54) is 0 Å². The SMILES string of the molecule is CCC(NC(=O)c1cc(S)ccc1Br)c1ccccc1. The highest BCUT2D eigenvalue weighted by Crippen LogP contribution is 2.22. The molecule has 0 radical (unpaired) electrons. The molecule has 1 N–H and O–H groups in total. The number of halogens is 1. The molecule has 0 bridgehead atoms. The molecule has 0 aromatic heterocycles. The highest BCUT2D eigenvalue weighted by atomic mass is 79.9. The van der Waals surface area contributed by atoms with Gasteiger partial charge in [-0.3, -0.25) is 4.79 Å². The van der Waals surface area contributed by atoms with Crippen molar-refractivity contribution in [1.29, 1.82) is 0 Å². The van der Waals surface area contributed by atoms with E-state index in [0.29, 0.717) is 5.56 Å². The predicted molar refractivity (Wildman–Crippen MR) is 88.3 cm³/mol. The van der Waals surface area contributed by atoms with Gasteiger partial charge in [0.1, 0.15) is 0 Å². The molecule has 0 aliphatic heterocycles. The van der Waals surface area contributed by atoms with Crippen LogP contribution < -0.4 is 5.32 Å². The molecule has 0 fully saturated rings. The van der Waals surface area contributed by atoms with Crippen molar-refractivity contribution in [3.8, 4) is 0 Å². The zero-order valence-electron chi connectivity index (χ0n) is 11.1. The van der Waals surface area contributed by atoms with Crippen LogP contribution in [-0.2, 0) is 0 Å². The van der Waals surface area contributed by atoms with Crippen molar-refractivity contribution in [3.05, 3.63) is 64.1 Å². The third-order valence-electron chi connectivity index (χ3n) is 3.11. The van der Waals surface area contributed by atoms with Crippen LogP contribution in [0.3, 0.4) is 0 Å². The number of nitrogens with one attached hydrogen (secondary N) is 1. The number of rotatable bonds is 4. The van der Waals surface area contributed by atoms with E-state index in [2.05, 4.69) is 40.8 Å². The number of thiol groups is 1. The van der Waals surface area contributed by atoms with Gasteiger partial charge in [-0.15, -0.1) is 12.6 Å². The molecule has 2 aromatic rings. The van der Waals surface area contributed by atoms with Crippen LogP contribution in [0.15, 0.2) is 57.9 Å². The highest BCUT2D eigenvalue weighted by molar-refractivity contribution is 9.10. The first kappa shape index (κ1) is 15.1. The third kappa shape index (κ3) is 3.64. The molecule has 0 spiro atoms. The molecule has 20 heavy (non-hydrogen) atoms. The van der Waals surface area contributed by atoms with E-state index in [1.807, 2.05) is 42.5 Å². The molecule has 1 unspecified atom stereocenters. The van der Waals surface area contributed by atoms with Gasteiger partial charge in [-0.2, -0.15) is 0 Å². The van der Waals surface area contributed by atoms with Gasteiger partial charge in [0.05, 0.1) is 11.6 Å². The van der Waals surface area contributed by atoms with Crippen molar-refractivity contribution in [1.82, 2.24) is 5.32 Å². The Hall–Kier alpha value is -1.26. The summed E-state index contributed by atoms with van der Waals surface area (Å²) in [5.41, 5.74) is 1.72. The van der Waals surface area contributed by atoms with Crippen molar-refractivity contribution in [3.63, 3.8) is 0 Å². The zero-order valence-corrected chi connectivity index (χ0v) is 13.6. The summed E-state index contributed by atoms with van der Waals surface area (Å²) in [6.07, 6.45) is 0.841. The largest absolute Gasteiger partial charge is 0.345 e. The fourth-order valence-corrected chi connectivity index (χ4v) is 2.66. The number of carbonyl (C=O) groups is 1. The van der Waals surface area contributed by atoms with Crippen molar-refractivity contribution < 1.29 is 4.79 Å². The molecule has 2 nitrogen and oxygen atoms in total. The predicted octanol–water partition coefficient (Wildman–Crippen LogP) is 4.62. The number of hydrogen-bond donors (Lipinski definition) is 2. The molecule has 1 amide bonds. The quantitative estimate of drug-likeness (QED) is 0.774. The third-order valence-corrected chi connectivity index (χ3v) is 4.08. The maximum Gasteiger partial charge on any atom is 0.252 e. The molecule has 0 saturated carbocycles. The average Bonchev–Trinajstić information content (AvgIpc) is 2.48. The average molecular weight is 350 g/mol. The summed E-state index contributed by atoms with van der Waals surface area (Å²) in [5.74, 6) is -0.0940. The Bertz CT molecular complexity index is 601. The molecule has 2 aromatic carbocycles. The number of carbonyl (C=O) groups excluding carboxylic acids is 1. The van der Waals surface area contributed by atoms with E-state index < -0.39 is 0 Å². The lowest BCUT2D eigenvalue weighted by atomic mass is 10.0. The fraction of sp³-hybridized carbons (Fsp3) is 0.188. The van der Waals surface area contributed by atoms with Crippen molar-refractivity contribution >= 4 is 34.5 Å². The number of benzene rings is 2. The van der Waals surface area contributed by atoms with Crippen LogP contribution in [0, 0.1) is 0 Å². The minimum Gasteiger partial charge on any atom is -0.345 e. The minimum absolute atomic E-state index is 0.0131. The van der Waals surface area contributed by atoms with E-state index in [9.17, 15) is 4.79 Å². The summed E-state index contributed by atoms with van der Waals surface area (Å²) in [7, 11) is 0. The Morgan fingerprint density at radius 3 is 2.60 bits per heavy atom. The summed E-state index contributed by atoms with van der Waals surface area (Å²) in [5, 5.41) is 3.06. The van der Waals surface area contributed by atoms with Gasteiger partial charge in [-0.25, -0.2) is 0 Å². The van der Waals surface area contributed by atoms with Gasteiger partial charge in [0, 0.05) is 9.37 Å². The van der Waals surface area contributed by atoms with Crippen LogP contribution in [0.1, 0.15) is 35.3 Å². The Morgan fingerprint density at radius 2 is 1.95 bits per heavy atom. The fourth-order valence-electron chi connectivity index (χ4n) is 2.03. The van der Waals surface area contributed by atoms with Gasteiger partial charge in [0.2, 0.25) is 0 Å². The second-order valence-corrected chi connectivity index (χ2v) is 5.88. The monoisotopic (exact) mass is 349 g/mol. The van der Waals surface area contributed by atoms with Crippen LogP contribution in [-0.4, -0.2) is 5.91 Å². The first-order chi connectivity index (χ1) is 9.61. The molecular formula is C16H16BrNOS. The lowest BCUT2D eigenvalue weighted by molar-refractivity contribution is 0.0934. The summed E-state index contributed by atoms with van der Waals surface area (Å²) in [6.45, 7) is 2.06. The molecule has 1 atom stereocenters. The van der Waals surface area contributed by atoms with Crippen molar-refractivity contribution in [2.75, 3.05) is 0 Å². The molecule has 2 rings (SSSR count). The van der Waals surface area contributed by atoms with Crippen LogP contribution in [0.2, 0.25) is 0 Å². The second kappa shape index (κ2) is 6.95. The van der Waals surface area contributed by atoms with Gasteiger partial charge < -0.3 is 5.32 Å². The lowest BCUT2D eigenvalue weighted by Crippen LogP contribution is -2.28. The molecule has 0 saturated heterocycles. The minimum atomic E-state index is -0.0940. The Kier molecular flexibility index (Phi) is 5.26. The Balaban J connectivity index is 2.20. The van der Waals surface area contributed by atoms with Crippen molar-refractivity contribution in [2.45, 2.75) is 24.3 Å². The topological polar surface area (TPSA) is 29.1 Å². The first-order valence-electron chi connectivity index (χ1n) is 6.46. The normalized spacial score (nSPS) is 11.9. The van der Waals surface area contributed by atoms with E-state index in [0.717, 1.165) is 21.4 Å². The summed E-state index contributed by atoms with van der Waals surface area (Å²) >= 11 is 7.68. The highest BCUT2D eigenvalue weighted by Gasteiger charge is 2.16. The van der Waals surface area contributed by atoms with E-state index >= 15 is 0 Å². The Labute approximate surface area is 133 Å². The maximum atomic E-state index is 12.4. The smallest absolute Gasteiger partial charge is 0.252 e. The zero-order chi connectivity index (χ0) is 14.5. The molecule has 0 aliphatic carbocycles. The summed E-state index contributed by atoms with van der Waals surface area (Å²) in [6, 6.07) is 15.4. The molecular weight excluding hydrogens is 334 g/mol. The summed E-state index contributed by atoms with van der Waals surface area (Å²) < 4.78 is 0.774. The number of hydrogen-bond acceptors (Lipinski definition) is 2. The second-order valence-electron chi connectivity index (χ2n) is 4.51. The lowest BCUT2D eigenvalue weighted by Gasteiger charge is -2.18. The van der Waals surface area contributed by atoms with Crippen LogP contribution in [0.4, 0.5) is 0 Å². The van der Waals surface area contributed by atoms with E-state index in [-0.39, 0.29) is 11.9 Å². The molecule has 0 aliphatic rings. The van der Waals surface area contributed by atoms with Gasteiger partial charge >= 0.3 is 0 Å². The number of amides is 1.